The Morgan fingerprint density at radius 2 is 0.548 bits per heavy atom. The molecular formula is C58H48N4. The van der Waals surface area contributed by atoms with Gasteiger partial charge in [0.15, 0.2) is 0 Å². The van der Waals surface area contributed by atoms with Crippen LogP contribution in [0.25, 0.3) is 27.5 Å². The Morgan fingerprint density at radius 1 is 0.258 bits per heavy atom. The van der Waals surface area contributed by atoms with Crippen molar-refractivity contribution in [3.63, 3.8) is 0 Å². The average Bonchev–Trinajstić information content (AvgIpc) is 3.61. The van der Waals surface area contributed by atoms with Crippen LogP contribution in [0.5, 0.6) is 0 Å². The number of para-hydroxylation sites is 2. The van der Waals surface area contributed by atoms with Gasteiger partial charge in [0.25, 0.3) is 0 Å². The molecule has 9 aromatic carbocycles. The maximum Gasteiger partial charge on any atom is 0.0542 e. The Hall–Kier alpha value is -7.82. The molecule has 0 fully saturated rings. The minimum absolute atomic E-state index is 1.09. The van der Waals surface area contributed by atoms with Crippen molar-refractivity contribution in [3.05, 3.63) is 241 Å². The first-order chi connectivity index (χ1) is 30.4. The van der Waals surface area contributed by atoms with Gasteiger partial charge in [-0.25, -0.2) is 0 Å². The third-order valence-corrected chi connectivity index (χ3v) is 11.7. The van der Waals surface area contributed by atoms with Crippen LogP contribution < -0.4 is 14.7 Å². The van der Waals surface area contributed by atoms with Crippen molar-refractivity contribution < 1.29 is 0 Å². The van der Waals surface area contributed by atoms with Crippen LogP contribution in [-0.2, 0) is 0 Å². The summed E-state index contributed by atoms with van der Waals surface area (Å²) in [5.41, 5.74) is 18.3. The Morgan fingerprint density at radius 3 is 0.903 bits per heavy atom. The van der Waals surface area contributed by atoms with Crippen LogP contribution in [0.4, 0.5) is 51.2 Å². The van der Waals surface area contributed by atoms with Crippen molar-refractivity contribution in [2.45, 2.75) is 27.7 Å². The summed E-state index contributed by atoms with van der Waals surface area (Å²) in [6.07, 6.45) is 0. The number of nitrogens with zero attached hydrogens (tertiary/aromatic N) is 4. The second kappa shape index (κ2) is 16.3. The van der Waals surface area contributed by atoms with E-state index in [1.165, 1.54) is 33.0 Å². The van der Waals surface area contributed by atoms with Gasteiger partial charge in [0, 0.05) is 67.6 Å². The molecule has 300 valence electrons. The highest BCUT2D eigenvalue weighted by Crippen LogP contribution is 2.44. The normalized spacial score (nSPS) is 11.2. The van der Waals surface area contributed by atoms with Crippen molar-refractivity contribution in [1.29, 1.82) is 0 Å². The zero-order chi connectivity index (χ0) is 42.2. The topological polar surface area (TPSA) is 14.7 Å². The molecule has 0 aliphatic rings. The first-order valence-corrected chi connectivity index (χ1v) is 21.3. The van der Waals surface area contributed by atoms with Gasteiger partial charge in [0.05, 0.1) is 11.0 Å². The fourth-order valence-electron chi connectivity index (χ4n) is 8.87. The van der Waals surface area contributed by atoms with Crippen molar-refractivity contribution in [3.8, 4) is 5.69 Å². The third kappa shape index (κ3) is 7.37. The lowest BCUT2D eigenvalue weighted by Crippen LogP contribution is -2.10. The Kier molecular flexibility index (Phi) is 10.1. The average molecular weight is 801 g/mol. The molecule has 0 amide bonds. The molecular weight excluding hydrogens is 753 g/mol. The maximum atomic E-state index is 2.42. The lowest BCUT2D eigenvalue weighted by atomic mass is 10.1. The van der Waals surface area contributed by atoms with Gasteiger partial charge in [-0.3, -0.25) is 0 Å². The molecule has 0 spiro atoms. The molecule has 4 nitrogen and oxygen atoms in total. The van der Waals surface area contributed by atoms with E-state index < -0.39 is 0 Å². The van der Waals surface area contributed by atoms with E-state index in [4.69, 9.17) is 0 Å². The summed E-state index contributed by atoms with van der Waals surface area (Å²) in [5, 5.41) is 2.36. The quantitative estimate of drug-likeness (QED) is 0.137. The van der Waals surface area contributed by atoms with E-state index in [1.807, 2.05) is 0 Å². The summed E-state index contributed by atoms with van der Waals surface area (Å²) >= 11 is 0. The highest BCUT2D eigenvalue weighted by Gasteiger charge is 2.21. The molecule has 0 saturated carbocycles. The van der Waals surface area contributed by atoms with E-state index in [2.05, 4.69) is 265 Å². The predicted octanol–water partition coefficient (Wildman–Crippen LogP) is 16.4. The van der Waals surface area contributed by atoms with Gasteiger partial charge in [-0.05, 0) is 183 Å². The fourth-order valence-corrected chi connectivity index (χ4v) is 8.87. The van der Waals surface area contributed by atoms with Crippen LogP contribution in [0.15, 0.2) is 218 Å². The van der Waals surface area contributed by atoms with Gasteiger partial charge >= 0.3 is 0 Å². The molecule has 10 rings (SSSR count). The number of fused-ring (bicyclic) bond motifs is 3. The number of anilines is 9. The standard InChI is InChI=1S/C58H48N4/c1-41-15-11-23-49(35-41)60(50-24-12-16-42(2)36-50)53-31-33-57-55(39-53)56-40-54(61(51-25-13-17-43(3)37-51)52-26-14-18-44(4)38-52)32-34-58(56)62(57)48-29-27-47(28-30-48)59(45-19-7-5-8-20-45)46-21-9-6-10-22-46/h5-40H,1-4H3. The second-order valence-corrected chi connectivity index (χ2v) is 16.3. The number of benzene rings is 9. The largest absolute Gasteiger partial charge is 0.311 e. The molecule has 0 radical (unpaired) electrons. The molecule has 0 bridgehead atoms. The van der Waals surface area contributed by atoms with E-state index in [-0.39, 0.29) is 0 Å². The van der Waals surface area contributed by atoms with Crippen molar-refractivity contribution in [2.75, 3.05) is 14.7 Å². The fraction of sp³-hybridized carbons (Fsp3) is 0.0690. The van der Waals surface area contributed by atoms with Crippen molar-refractivity contribution in [2.24, 2.45) is 0 Å². The number of hydrogen-bond donors (Lipinski definition) is 0. The first kappa shape index (κ1) is 38.4. The molecule has 1 heterocycles. The molecule has 1 aromatic heterocycles. The molecule has 62 heavy (non-hydrogen) atoms. The molecule has 10 aromatic rings. The van der Waals surface area contributed by atoms with Gasteiger partial charge in [0.2, 0.25) is 0 Å². The summed E-state index contributed by atoms with van der Waals surface area (Å²) < 4.78 is 2.42. The molecule has 0 aliphatic heterocycles. The summed E-state index contributed by atoms with van der Waals surface area (Å²) in [5.74, 6) is 0. The summed E-state index contributed by atoms with van der Waals surface area (Å²) in [7, 11) is 0. The van der Waals surface area contributed by atoms with Crippen LogP contribution in [0.2, 0.25) is 0 Å². The minimum Gasteiger partial charge on any atom is -0.311 e. The van der Waals surface area contributed by atoms with Crippen molar-refractivity contribution in [1.82, 2.24) is 4.57 Å². The highest BCUT2D eigenvalue weighted by molar-refractivity contribution is 6.12. The number of hydrogen-bond acceptors (Lipinski definition) is 3. The highest BCUT2D eigenvalue weighted by atomic mass is 15.2. The Bertz CT molecular complexity index is 2900. The van der Waals surface area contributed by atoms with E-state index in [0.717, 1.165) is 67.9 Å². The van der Waals surface area contributed by atoms with E-state index in [0.29, 0.717) is 0 Å². The molecule has 0 atom stereocenters. The lowest BCUT2D eigenvalue weighted by Gasteiger charge is -2.26. The van der Waals surface area contributed by atoms with Gasteiger partial charge in [-0.1, -0.05) is 84.9 Å². The number of rotatable bonds is 10. The molecule has 0 aliphatic carbocycles. The maximum absolute atomic E-state index is 2.42. The number of aryl methyl sites for hydroxylation is 4. The molecule has 4 heteroatoms. The van der Waals surface area contributed by atoms with Gasteiger partial charge < -0.3 is 19.3 Å². The van der Waals surface area contributed by atoms with Crippen LogP contribution in [0, 0.1) is 27.7 Å². The summed E-state index contributed by atoms with van der Waals surface area (Å²) in [6, 6.07) is 79.2. The van der Waals surface area contributed by atoms with Gasteiger partial charge in [-0.2, -0.15) is 0 Å². The van der Waals surface area contributed by atoms with Crippen molar-refractivity contribution >= 4 is 73.0 Å². The van der Waals surface area contributed by atoms with E-state index in [9.17, 15) is 0 Å². The third-order valence-electron chi connectivity index (χ3n) is 11.7. The first-order valence-electron chi connectivity index (χ1n) is 21.3. The molecule has 0 unspecified atom stereocenters. The zero-order valence-electron chi connectivity index (χ0n) is 35.6. The monoisotopic (exact) mass is 800 g/mol. The zero-order valence-corrected chi connectivity index (χ0v) is 35.6. The summed E-state index contributed by atoms with van der Waals surface area (Å²) in [6.45, 7) is 8.65. The van der Waals surface area contributed by atoms with Crippen LogP contribution in [0.1, 0.15) is 22.3 Å². The summed E-state index contributed by atoms with van der Waals surface area (Å²) in [4.78, 5) is 7.08. The SMILES string of the molecule is Cc1cccc(N(c2cccc(C)c2)c2ccc3c(c2)c2cc(N(c4cccc(C)c4)c4cccc(C)c4)ccc2n3-c2ccc(N(c3ccccc3)c3ccccc3)cc2)c1. The molecule has 0 N–H and O–H groups in total. The predicted molar refractivity (Wildman–Crippen MR) is 264 cm³/mol. The number of aromatic nitrogens is 1. The lowest BCUT2D eigenvalue weighted by molar-refractivity contribution is 1.17. The Balaban J connectivity index is 1.19. The van der Waals surface area contributed by atoms with Crippen LogP contribution in [0.3, 0.4) is 0 Å². The van der Waals surface area contributed by atoms with Crippen LogP contribution in [-0.4, -0.2) is 4.57 Å². The Labute approximate surface area is 364 Å². The van der Waals surface area contributed by atoms with Crippen LogP contribution >= 0.6 is 0 Å². The second-order valence-electron chi connectivity index (χ2n) is 16.3. The molecule has 0 saturated heterocycles. The smallest absolute Gasteiger partial charge is 0.0542 e. The minimum atomic E-state index is 1.09. The van der Waals surface area contributed by atoms with Gasteiger partial charge in [0.1, 0.15) is 0 Å². The van der Waals surface area contributed by atoms with E-state index >= 15 is 0 Å². The van der Waals surface area contributed by atoms with Gasteiger partial charge in [-0.15, -0.1) is 0 Å². The van der Waals surface area contributed by atoms with E-state index in [1.54, 1.807) is 0 Å².